The molecule has 7 heteroatoms. The summed E-state index contributed by atoms with van der Waals surface area (Å²) < 4.78 is 5.78. The molecule has 0 aliphatic carbocycles. The number of benzene rings is 3. The zero-order valence-corrected chi connectivity index (χ0v) is 22.2. The van der Waals surface area contributed by atoms with Gasteiger partial charge in [-0.1, -0.05) is 68.2 Å². The SMILES string of the molecule is CC(C)(C)c1ccc(C(=O)Nc2cccc(NC(=O)/C=C/c3ccc(-c4cccc(Cl)c4Cl)o3)c2)cc1. The van der Waals surface area contributed by atoms with Gasteiger partial charge in [-0.2, -0.15) is 0 Å². The number of furan rings is 1. The van der Waals surface area contributed by atoms with Crippen molar-refractivity contribution in [2.75, 3.05) is 10.6 Å². The first kappa shape index (κ1) is 26.3. The molecule has 0 aliphatic rings. The van der Waals surface area contributed by atoms with E-state index in [4.69, 9.17) is 27.6 Å². The van der Waals surface area contributed by atoms with E-state index in [-0.39, 0.29) is 17.2 Å². The largest absolute Gasteiger partial charge is 0.457 e. The molecule has 4 rings (SSSR count). The summed E-state index contributed by atoms with van der Waals surface area (Å²) in [6, 6.07) is 23.3. The number of halogens is 2. The maximum absolute atomic E-state index is 12.7. The standard InChI is InChI=1S/C30H26Cl2N2O3/c1-30(2,3)20-12-10-19(11-13-20)29(36)34-22-7-4-6-21(18-22)33-27(35)17-15-23-14-16-26(37-23)24-8-5-9-25(31)28(24)32/h4-18H,1-3H3,(H,33,35)(H,34,36)/b17-15+. The van der Waals surface area contributed by atoms with Crippen LogP contribution in [0.15, 0.2) is 89.4 Å². The molecule has 2 N–H and O–H groups in total. The van der Waals surface area contributed by atoms with Gasteiger partial charge in [0.2, 0.25) is 5.91 Å². The smallest absolute Gasteiger partial charge is 0.255 e. The lowest BCUT2D eigenvalue weighted by Gasteiger charge is -2.19. The summed E-state index contributed by atoms with van der Waals surface area (Å²) in [5.41, 5.74) is 3.51. The van der Waals surface area contributed by atoms with Crippen LogP contribution in [0.1, 0.15) is 42.5 Å². The molecule has 0 saturated carbocycles. The van der Waals surface area contributed by atoms with Crippen LogP contribution in [0.5, 0.6) is 0 Å². The van der Waals surface area contributed by atoms with Gasteiger partial charge in [0.15, 0.2) is 0 Å². The lowest BCUT2D eigenvalue weighted by Crippen LogP contribution is -2.14. The van der Waals surface area contributed by atoms with Crippen LogP contribution in [-0.4, -0.2) is 11.8 Å². The first-order valence-electron chi connectivity index (χ1n) is 11.7. The molecule has 0 saturated heterocycles. The molecule has 5 nitrogen and oxygen atoms in total. The predicted molar refractivity (Wildman–Crippen MR) is 151 cm³/mol. The van der Waals surface area contributed by atoms with E-state index in [2.05, 4.69) is 31.4 Å². The minimum atomic E-state index is -0.347. The summed E-state index contributed by atoms with van der Waals surface area (Å²) in [4.78, 5) is 25.1. The van der Waals surface area contributed by atoms with Gasteiger partial charge in [0.05, 0.1) is 10.0 Å². The van der Waals surface area contributed by atoms with Crippen LogP contribution in [0.4, 0.5) is 11.4 Å². The Hall–Kier alpha value is -3.80. The molecule has 1 aromatic heterocycles. The third-order valence-electron chi connectivity index (χ3n) is 5.64. The highest BCUT2D eigenvalue weighted by Crippen LogP contribution is 2.34. The Kier molecular flexibility index (Phi) is 7.86. The first-order chi connectivity index (χ1) is 17.6. The van der Waals surface area contributed by atoms with Crippen LogP contribution in [0.25, 0.3) is 17.4 Å². The van der Waals surface area contributed by atoms with Crippen molar-refractivity contribution in [3.8, 4) is 11.3 Å². The molecule has 4 aromatic rings. The molecule has 0 spiro atoms. The number of carbonyl (C=O) groups excluding carboxylic acids is 2. The van der Waals surface area contributed by atoms with Gasteiger partial charge >= 0.3 is 0 Å². The van der Waals surface area contributed by atoms with Gasteiger partial charge < -0.3 is 15.1 Å². The van der Waals surface area contributed by atoms with Crippen molar-refractivity contribution < 1.29 is 14.0 Å². The maximum atomic E-state index is 12.7. The zero-order valence-electron chi connectivity index (χ0n) is 20.6. The first-order valence-corrected chi connectivity index (χ1v) is 12.4. The molecular weight excluding hydrogens is 507 g/mol. The molecule has 1 heterocycles. The highest BCUT2D eigenvalue weighted by Gasteiger charge is 2.15. The van der Waals surface area contributed by atoms with Crippen LogP contribution in [-0.2, 0) is 10.2 Å². The average molecular weight is 533 g/mol. The Morgan fingerprint density at radius 2 is 1.51 bits per heavy atom. The Balaban J connectivity index is 1.37. The van der Waals surface area contributed by atoms with E-state index in [1.54, 1.807) is 60.7 Å². The zero-order chi connectivity index (χ0) is 26.6. The quantitative estimate of drug-likeness (QED) is 0.244. The van der Waals surface area contributed by atoms with Gasteiger partial charge in [-0.3, -0.25) is 9.59 Å². The van der Waals surface area contributed by atoms with Crippen LogP contribution >= 0.6 is 23.2 Å². The second-order valence-corrected chi connectivity index (χ2v) is 10.3. The molecule has 0 radical (unpaired) electrons. The van der Waals surface area contributed by atoms with Crippen molar-refractivity contribution in [2.45, 2.75) is 26.2 Å². The molecular formula is C30H26Cl2N2O3. The summed E-state index contributed by atoms with van der Waals surface area (Å²) in [5.74, 6) is 0.459. The number of rotatable bonds is 6. The molecule has 0 aliphatic heterocycles. The van der Waals surface area contributed by atoms with E-state index in [1.165, 1.54) is 6.08 Å². The van der Waals surface area contributed by atoms with E-state index >= 15 is 0 Å². The van der Waals surface area contributed by atoms with Crippen LogP contribution in [0.3, 0.4) is 0 Å². The summed E-state index contributed by atoms with van der Waals surface area (Å²) in [5, 5.41) is 6.50. The fourth-order valence-corrected chi connectivity index (χ4v) is 4.02. The fraction of sp³-hybridized carbons (Fsp3) is 0.133. The van der Waals surface area contributed by atoms with Crippen molar-refractivity contribution >= 4 is 52.5 Å². The van der Waals surface area contributed by atoms with Crippen LogP contribution in [0.2, 0.25) is 10.0 Å². The Morgan fingerprint density at radius 3 is 2.22 bits per heavy atom. The molecule has 2 amide bonds. The third-order valence-corrected chi connectivity index (χ3v) is 6.46. The summed E-state index contributed by atoms with van der Waals surface area (Å²) >= 11 is 12.3. The van der Waals surface area contributed by atoms with Crippen molar-refractivity contribution in [2.24, 2.45) is 0 Å². The number of carbonyl (C=O) groups is 2. The van der Waals surface area contributed by atoms with Crippen molar-refractivity contribution in [1.82, 2.24) is 0 Å². The van der Waals surface area contributed by atoms with Crippen molar-refractivity contribution in [1.29, 1.82) is 0 Å². The molecule has 0 fully saturated rings. The number of amides is 2. The Labute approximate surface area is 226 Å². The van der Waals surface area contributed by atoms with Gasteiger partial charge in [0.25, 0.3) is 5.91 Å². The summed E-state index contributed by atoms with van der Waals surface area (Å²) in [7, 11) is 0. The van der Waals surface area contributed by atoms with Gasteiger partial charge in [0.1, 0.15) is 11.5 Å². The Morgan fingerprint density at radius 1 is 0.838 bits per heavy atom. The molecule has 0 unspecified atom stereocenters. The lowest BCUT2D eigenvalue weighted by molar-refractivity contribution is -0.111. The van der Waals surface area contributed by atoms with Crippen molar-refractivity contribution in [3.05, 3.63) is 112 Å². The molecule has 188 valence electrons. The second kappa shape index (κ2) is 11.1. The normalized spacial score (nSPS) is 11.5. The predicted octanol–water partition coefficient (Wildman–Crippen LogP) is 8.46. The highest BCUT2D eigenvalue weighted by molar-refractivity contribution is 6.43. The van der Waals surface area contributed by atoms with E-state index in [0.29, 0.717) is 44.1 Å². The second-order valence-electron chi connectivity index (χ2n) is 9.49. The summed E-state index contributed by atoms with van der Waals surface area (Å²) in [6.07, 6.45) is 2.92. The van der Waals surface area contributed by atoms with Crippen LogP contribution in [0, 0.1) is 0 Å². The number of nitrogens with one attached hydrogen (secondary N) is 2. The third kappa shape index (κ3) is 6.70. The monoisotopic (exact) mass is 532 g/mol. The van der Waals surface area contributed by atoms with E-state index in [1.807, 2.05) is 24.3 Å². The van der Waals surface area contributed by atoms with Gasteiger partial charge in [0, 0.05) is 28.6 Å². The maximum Gasteiger partial charge on any atom is 0.255 e. The summed E-state index contributed by atoms with van der Waals surface area (Å²) in [6.45, 7) is 6.38. The number of hydrogen-bond acceptors (Lipinski definition) is 3. The van der Waals surface area contributed by atoms with Gasteiger partial charge in [-0.25, -0.2) is 0 Å². The number of hydrogen-bond donors (Lipinski definition) is 2. The lowest BCUT2D eigenvalue weighted by atomic mass is 9.87. The minimum Gasteiger partial charge on any atom is -0.457 e. The van der Waals surface area contributed by atoms with Crippen molar-refractivity contribution in [3.63, 3.8) is 0 Å². The topological polar surface area (TPSA) is 71.3 Å². The minimum absolute atomic E-state index is 0.0130. The van der Waals surface area contributed by atoms with Crippen LogP contribution < -0.4 is 10.6 Å². The van der Waals surface area contributed by atoms with E-state index in [9.17, 15) is 9.59 Å². The number of anilines is 2. The van der Waals surface area contributed by atoms with Gasteiger partial charge in [-0.15, -0.1) is 0 Å². The van der Waals surface area contributed by atoms with E-state index in [0.717, 1.165) is 5.56 Å². The van der Waals surface area contributed by atoms with Gasteiger partial charge in [-0.05, 0) is 71.7 Å². The molecule has 3 aromatic carbocycles. The fourth-order valence-electron chi connectivity index (χ4n) is 3.62. The van der Waals surface area contributed by atoms with E-state index < -0.39 is 0 Å². The highest BCUT2D eigenvalue weighted by atomic mass is 35.5. The molecule has 37 heavy (non-hydrogen) atoms. The average Bonchev–Trinajstić information content (AvgIpc) is 3.33. The molecule has 0 bridgehead atoms. The Bertz CT molecular complexity index is 1460. The molecule has 0 atom stereocenters.